The third kappa shape index (κ3) is 3.08. The molecule has 0 fully saturated rings. The third-order valence-corrected chi connectivity index (χ3v) is 2.22. The van der Waals surface area contributed by atoms with Gasteiger partial charge >= 0.3 is 5.95 Å². The maximum atomic E-state index is 11.3. The van der Waals surface area contributed by atoms with Gasteiger partial charge in [-0.1, -0.05) is 6.92 Å². The normalized spacial score (nSPS) is 10.3. The number of hydrogen-bond donors (Lipinski definition) is 0. The molecule has 1 rings (SSSR count). The molecule has 0 spiro atoms. The Morgan fingerprint density at radius 2 is 2.33 bits per heavy atom. The summed E-state index contributed by atoms with van der Waals surface area (Å²) in [6.07, 6.45) is 1.17. The minimum atomic E-state index is -0.703. The summed E-state index contributed by atoms with van der Waals surface area (Å²) in [5.41, 5.74) is 0. The number of hydrogen-bond acceptors (Lipinski definition) is 5. The highest BCUT2D eigenvalue weighted by molar-refractivity contribution is 9.10. The topological polar surface area (TPSA) is 90.9 Å². The SMILES string of the molecule is CCCC(=O)Cn1nc([N+](=O)[O-])nc1Br. The number of rotatable bonds is 5. The van der Waals surface area contributed by atoms with Crippen molar-refractivity contribution in [2.24, 2.45) is 0 Å². The van der Waals surface area contributed by atoms with Gasteiger partial charge in [-0.15, -0.1) is 0 Å². The van der Waals surface area contributed by atoms with Crippen LogP contribution in [0.3, 0.4) is 0 Å². The highest BCUT2D eigenvalue weighted by Crippen LogP contribution is 2.12. The molecule has 8 heteroatoms. The van der Waals surface area contributed by atoms with Crippen LogP contribution >= 0.6 is 15.9 Å². The van der Waals surface area contributed by atoms with Gasteiger partial charge in [-0.05, 0) is 16.3 Å². The summed E-state index contributed by atoms with van der Waals surface area (Å²) in [5.74, 6) is -0.538. The zero-order valence-corrected chi connectivity index (χ0v) is 9.60. The molecule has 0 unspecified atom stereocenters. The smallest absolute Gasteiger partial charge is 0.390 e. The Balaban J connectivity index is 2.77. The molecule has 0 bridgehead atoms. The first-order valence-corrected chi connectivity index (χ1v) is 5.10. The maximum Gasteiger partial charge on any atom is 0.492 e. The lowest BCUT2D eigenvalue weighted by molar-refractivity contribution is -0.394. The summed E-state index contributed by atoms with van der Waals surface area (Å²) in [7, 11) is 0. The number of aromatic nitrogens is 3. The fraction of sp³-hybridized carbons (Fsp3) is 0.571. The number of halogens is 1. The van der Waals surface area contributed by atoms with E-state index in [9.17, 15) is 14.9 Å². The van der Waals surface area contributed by atoms with E-state index in [4.69, 9.17) is 0 Å². The van der Waals surface area contributed by atoms with E-state index in [0.29, 0.717) is 6.42 Å². The average Bonchev–Trinajstić information content (AvgIpc) is 2.48. The summed E-state index contributed by atoms with van der Waals surface area (Å²) in [6, 6.07) is 0. The minimum Gasteiger partial charge on any atom is -0.390 e. The molecule has 0 amide bonds. The number of carbonyl (C=O) groups excluding carboxylic acids is 1. The van der Waals surface area contributed by atoms with E-state index in [2.05, 4.69) is 26.0 Å². The molecule has 0 saturated heterocycles. The highest BCUT2D eigenvalue weighted by atomic mass is 79.9. The number of nitrogens with zero attached hydrogens (tertiary/aromatic N) is 4. The Bertz CT molecular complexity index is 390. The average molecular weight is 277 g/mol. The Morgan fingerprint density at radius 3 is 2.80 bits per heavy atom. The molecule has 0 aromatic carbocycles. The van der Waals surface area contributed by atoms with E-state index in [1.54, 1.807) is 0 Å². The first kappa shape index (κ1) is 11.8. The molecule has 0 aliphatic carbocycles. The van der Waals surface area contributed by atoms with Crippen molar-refractivity contribution in [3.63, 3.8) is 0 Å². The molecule has 82 valence electrons. The Labute approximate surface area is 93.8 Å². The van der Waals surface area contributed by atoms with Crippen LogP contribution in [0.2, 0.25) is 0 Å². The van der Waals surface area contributed by atoms with E-state index in [0.717, 1.165) is 6.42 Å². The number of carbonyl (C=O) groups is 1. The van der Waals surface area contributed by atoms with E-state index in [1.165, 1.54) is 4.68 Å². The van der Waals surface area contributed by atoms with Crippen molar-refractivity contribution >= 4 is 27.7 Å². The molecule has 0 aliphatic heterocycles. The molecule has 0 radical (unpaired) electrons. The predicted molar refractivity (Wildman–Crippen MR) is 54.3 cm³/mol. The molecule has 1 aromatic heterocycles. The second-order valence-corrected chi connectivity index (χ2v) is 3.59. The van der Waals surface area contributed by atoms with Crippen LogP contribution in [-0.4, -0.2) is 25.5 Å². The maximum absolute atomic E-state index is 11.3. The van der Waals surface area contributed by atoms with Crippen molar-refractivity contribution in [1.82, 2.24) is 14.8 Å². The van der Waals surface area contributed by atoms with Gasteiger partial charge in [0.15, 0.2) is 5.78 Å². The first-order valence-electron chi connectivity index (χ1n) is 4.31. The van der Waals surface area contributed by atoms with Gasteiger partial charge in [-0.2, -0.15) is 4.68 Å². The summed E-state index contributed by atoms with van der Waals surface area (Å²) in [5, 5.41) is 13.9. The summed E-state index contributed by atoms with van der Waals surface area (Å²) < 4.78 is 1.37. The van der Waals surface area contributed by atoms with E-state index < -0.39 is 10.9 Å². The standard InChI is InChI=1S/C7H9BrN4O3/c1-2-3-5(13)4-11-6(8)9-7(10-11)12(14)15/h2-4H2,1H3. The lowest BCUT2D eigenvalue weighted by Crippen LogP contribution is -2.11. The molecule has 0 atom stereocenters. The summed E-state index contributed by atoms with van der Waals surface area (Å²) in [6.45, 7) is 1.89. The number of ketones is 1. The van der Waals surface area contributed by atoms with Crippen LogP contribution in [0.5, 0.6) is 0 Å². The van der Waals surface area contributed by atoms with E-state index >= 15 is 0 Å². The lowest BCUT2D eigenvalue weighted by Gasteiger charge is -1.95. The van der Waals surface area contributed by atoms with Gasteiger partial charge in [-0.3, -0.25) is 4.79 Å². The van der Waals surface area contributed by atoms with Crippen LogP contribution in [-0.2, 0) is 11.3 Å². The van der Waals surface area contributed by atoms with Gasteiger partial charge in [0, 0.05) is 27.4 Å². The van der Waals surface area contributed by atoms with Crippen molar-refractivity contribution in [2.45, 2.75) is 26.3 Å². The molecule has 1 heterocycles. The third-order valence-electron chi connectivity index (χ3n) is 1.63. The number of Topliss-reactive ketones (excluding diaryl/α,β-unsaturated/α-hetero) is 1. The van der Waals surface area contributed by atoms with Crippen LogP contribution in [0, 0.1) is 10.1 Å². The first-order chi connectivity index (χ1) is 7.04. The highest BCUT2D eigenvalue weighted by Gasteiger charge is 2.20. The molecule has 1 aromatic rings. The van der Waals surface area contributed by atoms with Gasteiger partial charge in [0.2, 0.25) is 0 Å². The van der Waals surface area contributed by atoms with E-state index in [1.807, 2.05) is 6.92 Å². The van der Waals surface area contributed by atoms with Gasteiger partial charge in [0.1, 0.15) is 6.54 Å². The molecule has 0 aliphatic rings. The molecule has 15 heavy (non-hydrogen) atoms. The van der Waals surface area contributed by atoms with Crippen LogP contribution < -0.4 is 0 Å². The van der Waals surface area contributed by atoms with E-state index in [-0.39, 0.29) is 17.1 Å². The lowest BCUT2D eigenvalue weighted by atomic mass is 10.2. The Hall–Kier alpha value is -1.31. The van der Waals surface area contributed by atoms with Crippen molar-refractivity contribution < 1.29 is 9.72 Å². The monoisotopic (exact) mass is 276 g/mol. The fourth-order valence-electron chi connectivity index (χ4n) is 1.01. The fourth-order valence-corrected chi connectivity index (χ4v) is 1.38. The van der Waals surface area contributed by atoms with Gasteiger partial charge in [0.25, 0.3) is 4.73 Å². The van der Waals surface area contributed by atoms with Crippen molar-refractivity contribution in [1.29, 1.82) is 0 Å². The molecule has 0 N–H and O–H groups in total. The summed E-state index contributed by atoms with van der Waals surface area (Å²) in [4.78, 5) is 24.4. The van der Waals surface area contributed by atoms with Crippen LogP contribution in [0.25, 0.3) is 0 Å². The van der Waals surface area contributed by atoms with Crippen LogP contribution in [0.15, 0.2) is 4.73 Å². The molecular weight excluding hydrogens is 268 g/mol. The Kier molecular flexibility index (Phi) is 3.89. The second-order valence-electron chi connectivity index (χ2n) is 2.88. The van der Waals surface area contributed by atoms with Gasteiger partial charge in [-0.25, -0.2) is 0 Å². The van der Waals surface area contributed by atoms with Crippen molar-refractivity contribution in [2.75, 3.05) is 0 Å². The van der Waals surface area contributed by atoms with Gasteiger partial charge in [0.05, 0.1) is 0 Å². The number of nitro groups is 1. The molecule has 0 saturated carbocycles. The van der Waals surface area contributed by atoms with Crippen LogP contribution in [0.4, 0.5) is 5.95 Å². The summed E-state index contributed by atoms with van der Waals surface area (Å²) >= 11 is 3.00. The largest absolute Gasteiger partial charge is 0.492 e. The quantitative estimate of drug-likeness (QED) is 0.598. The molecular formula is C7H9BrN4O3. The van der Waals surface area contributed by atoms with Crippen molar-refractivity contribution in [3.8, 4) is 0 Å². The van der Waals surface area contributed by atoms with Crippen molar-refractivity contribution in [3.05, 3.63) is 14.8 Å². The Morgan fingerprint density at radius 1 is 1.67 bits per heavy atom. The second kappa shape index (κ2) is 4.96. The zero-order valence-electron chi connectivity index (χ0n) is 8.01. The zero-order chi connectivity index (χ0) is 11.4. The molecule has 7 nitrogen and oxygen atoms in total. The minimum absolute atomic E-state index is 0.00919. The van der Waals surface area contributed by atoms with Crippen LogP contribution in [0.1, 0.15) is 19.8 Å². The predicted octanol–water partition coefficient (Wildman–Crippen LogP) is 1.32. The van der Waals surface area contributed by atoms with Gasteiger partial charge < -0.3 is 10.1 Å².